The van der Waals surface area contributed by atoms with Crippen LogP contribution in [0.15, 0.2) is 47.4 Å². The summed E-state index contributed by atoms with van der Waals surface area (Å²) in [7, 11) is -5.03. The zero-order chi connectivity index (χ0) is 45.0. The summed E-state index contributed by atoms with van der Waals surface area (Å²) in [6.07, 6.45) is 56.3. The molecule has 9 heteroatoms. The monoisotopic (exact) mass is 925 g/mol. The molecule has 1 aromatic rings. The van der Waals surface area contributed by atoms with Crippen LogP contribution in [0.3, 0.4) is 0 Å². The first-order chi connectivity index (χ1) is 30.3. The second kappa shape index (κ2) is 46.3. The number of esters is 2. The van der Waals surface area contributed by atoms with Crippen LogP contribution >= 0.6 is 0 Å². The van der Waals surface area contributed by atoms with E-state index in [1.54, 1.807) is 0 Å². The van der Waals surface area contributed by atoms with E-state index in [0.717, 1.165) is 76.7 Å². The number of rotatable bonds is 45. The zero-order valence-corrected chi connectivity index (χ0v) is 45.0. The van der Waals surface area contributed by atoms with Gasteiger partial charge in [-0.1, -0.05) is 224 Å². The van der Waals surface area contributed by atoms with Crippen molar-refractivity contribution < 1.29 is 83.4 Å². The van der Waals surface area contributed by atoms with Gasteiger partial charge in [0.15, 0.2) is 0 Å². The predicted octanol–water partition coefficient (Wildman–Crippen LogP) is 13.9. The molecule has 0 aliphatic carbocycles. The minimum atomic E-state index is -5.03. The number of hydrogen-bond acceptors (Lipinski definition) is 7. The van der Waals surface area contributed by atoms with Gasteiger partial charge in [0.25, 0.3) is 0 Å². The molecule has 0 aromatic heterocycles. The van der Waals surface area contributed by atoms with Gasteiger partial charge in [-0.15, -0.1) is 0 Å². The van der Waals surface area contributed by atoms with Gasteiger partial charge < -0.3 is 14.0 Å². The molecule has 0 saturated heterocycles. The van der Waals surface area contributed by atoms with Crippen molar-refractivity contribution in [1.29, 1.82) is 0 Å². The summed E-state index contributed by atoms with van der Waals surface area (Å²) in [6.45, 7) is 4.77. The third-order valence-electron chi connectivity index (χ3n) is 12.0. The summed E-state index contributed by atoms with van der Waals surface area (Å²) >= 11 is 0. The first-order valence-electron chi connectivity index (χ1n) is 26.1. The largest absolute Gasteiger partial charge is 1.00 e. The summed E-state index contributed by atoms with van der Waals surface area (Å²) in [5.41, 5.74) is -0.788. The maximum atomic E-state index is 13.1. The SMILES string of the molecule is CCCCCCCCCCCCCC/C=C/CCCCCCCOC(=O)c1cccc(S(=O)(=O)[O-])c1C(=O)OCCCCCCC/C=C/CCCCCCCCCCCCCC.[K+]. The van der Waals surface area contributed by atoms with Crippen LogP contribution in [0.25, 0.3) is 0 Å². The minimum absolute atomic E-state index is 0. The van der Waals surface area contributed by atoms with Crippen LogP contribution in [0.2, 0.25) is 0 Å². The average molecular weight is 925 g/mol. The number of carbonyl (C=O) groups excluding carboxylic acids is 2. The van der Waals surface area contributed by atoms with Crippen molar-refractivity contribution in [3.05, 3.63) is 53.6 Å². The summed E-state index contributed by atoms with van der Waals surface area (Å²) in [6, 6.07) is 3.63. The van der Waals surface area contributed by atoms with Gasteiger partial charge in [-0.25, -0.2) is 18.0 Å². The standard InChI is InChI=1S/C54H94O7S.K/c1-3-5-7-9-11-13-15-17-19-21-23-25-27-29-31-33-35-37-39-41-43-48-60-53(55)50-46-45-47-51(62(57,58)59)52(50)54(56)61-49-44-42-40-38-36-34-32-30-28-26-24-22-20-18-16-14-12-10-8-6-4-2;/h29-32,45-47H,3-28,33-44,48-49H2,1-2H3,(H,57,58,59);/q;+1/p-1/b31-29+,32-30+;. The maximum Gasteiger partial charge on any atom is 1.00 e. The van der Waals surface area contributed by atoms with E-state index in [0.29, 0.717) is 12.8 Å². The molecule has 0 N–H and O–H groups in total. The molecule has 63 heavy (non-hydrogen) atoms. The van der Waals surface area contributed by atoms with E-state index in [9.17, 15) is 22.6 Å². The van der Waals surface area contributed by atoms with Crippen molar-refractivity contribution in [3.63, 3.8) is 0 Å². The van der Waals surface area contributed by atoms with Crippen molar-refractivity contribution >= 4 is 22.1 Å². The van der Waals surface area contributed by atoms with E-state index in [4.69, 9.17) is 9.47 Å². The Kier molecular flexibility index (Phi) is 45.7. The van der Waals surface area contributed by atoms with Crippen LogP contribution in [-0.4, -0.2) is 38.1 Å². The van der Waals surface area contributed by atoms with Crippen LogP contribution in [0.4, 0.5) is 0 Å². The number of ether oxygens (including phenoxy) is 2. The molecule has 0 atom stereocenters. The van der Waals surface area contributed by atoms with Gasteiger partial charge in [-0.2, -0.15) is 0 Å². The molecule has 0 aliphatic rings. The zero-order valence-electron chi connectivity index (χ0n) is 41.1. The van der Waals surface area contributed by atoms with Gasteiger partial charge in [-0.3, -0.25) is 0 Å². The van der Waals surface area contributed by atoms with E-state index in [2.05, 4.69) is 38.2 Å². The molecular weight excluding hydrogens is 832 g/mol. The summed E-state index contributed by atoms with van der Waals surface area (Å²) in [4.78, 5) is 25.3. The van der Waals surface area contributed by atoms with E-state index >= 15 is 0 Å². The van der Waals surface area contributed by atoms with Crippen molar-refractivity contribution in [2.45, 2.75) is 263 Å². The molecule has 0 bridgehead atoms. The molecular formula is C54H93KO7S. The second-order valence-corrected chi connectivity index (χ2v) is 19.2. The molecule has 7 nitrogen and oxygen atoms in total. The first kappa shape index (κ1) is 62.2. The third kappa shape index (κ3) is 37.9. The fraction of sp³-hybridized carbons (Fsp3) is 0.778. The first-order valence-corrected chi connectivity index (χ1v) is 27.5. The van der Waals surface area contributed by atoms with E-state index < -0.39 is 32.5 Å². The molecule has 1 aromatic carbocycles. The third-order valence-corrected chi connectivity index (χ3v) is 12.9. The van der Waals surface area contributed by atoms with Gasteiger partial charge in [0.1, 0.15) is 10.1 Å². The van der Waals surface area contributed by atoms with E-state index in [1.165, 1.54) is 173 Å². The molecule has 358 valence electrons. The van der Waals surface area contributed by atoms with Crippen LogP contribution in [0.5, 0.6) is 0 Å². The summed E-state index contributed by atoms with van der Waals surface area (Å²) in [5.74, 6) is -1.82. The normalized spacial score (nSPS) is 11.7. The minimum Gasteiger partial charge on any atom is -0.744 e. The number of hydrogen-bond donors (Lipinski definition) is 0. The predicted molar refractivity (Wildman–Crippen MR) is 260 cm³/mol. The Hall–Kier alpha value is -0.814. The summed E-state index contributed by atoms with van der Waals surface area (Å²) in [5, 5.41) is 0. The van der Waals surface area contributed by atoms with Gasteiger partial charge in [-0.05, 0) is 76.3 Å². The molecule has 0 amide bonds. The number of allylic oxidation sites excluding steroid dienone is 4. The quantitative estimate of drug-likeness (QED) is 0.0211. The maximum absolute atomic E-state index is 13.1. The van der Waals surface area contributed by atoms with Gasteiger partial charge >= 0.3 is 63.3 Å². The average Bonchev–Trinajstić information content (AvgIpc) is 3.26. The smallest absolute Gasteiger partial charge is 0.744 e. The summed E-state index contributed by atoms with van der Waals surface area (Å²) < 4.78 is 46.9. The van der Waals surface area contributed by atoms with Crippen LogP contribution < -0.4 is 51.4 Å². The van der Waals surface area contributed by atoms with E-state index in [1.807, 2.05) is 0 Å². The van der Waals surface area contributed by atoms with Crippen molar-refractivity contribution in [3.8, 4) is 0 Å². The Morgan fingerprint density at radius 3 is 1.05 bits per heavy atom. The van der Waals surface area contributed by atoms with Crippen LogP contribution in [0, 0.1) is 0 Å². The van der Waals surface area contributed by atoms with Crippen molar-refractivity contribution in [1.82, 2.24) is 0 Å². The number of benzene rings is 1. The molecule has 0 spiro atoms. The molecule has 1 rings (SSSR count). The molecule has 0 unspecified atom stereocenters. The Morgan fingerprint density at radius 1 is 0.444 bits per heavy atom. The van der Waals surface area contributed by atoms with Crippen molar-refractivity contribution in [2.75, 3.05) is 13.2 Å². The van der Waals surface area contributed by atoms with Gasteiger partial charge in [0.05, 0.1) is 29.2 Å². The number of unbranched alkanes of at least 4 members (excludes halogenated alkanes) is 34. The Labute approximate surface area is 431 Å². The Morgan fingerprint density at radius 2 is 0.730 bits per heavy atom. The van der Waals surface area contributed by atoms with Crippen LogP contribution in [0.1, 0.15) is 279 Å². The topological polar surface area (TPSA) is 110 Å². The Bertz CT molecular complexity index is 1380. The number of carbonyl (C=O) groups is 2. The molecule has 0 saturated carbocycles. The second-order valence-electron chi connectivity index (χ2n) is 17.8. The van der Waals surface area contributed by atoms with Gasteiger partial charge in [0, 0.05) is 0 Å². The fourth-order valence-electron chi connectivity index (χ4n) is 8.07. The van der Waals surface area contributed by atoms with Crippen LogP contribution in [-0.2, 0) is 19.6 Å². The molecule has 0 heterocycles. The molecule has 0 radical (unpaired) electrons. The molecule has 0 fully saturated rings. The van der Waals surface area contributed by atoms with Gasteiger partial charge in [0.2, 0.25) is 0 Å². The van der Waals surface area contributed by atoms with E-state index in [-0.39, 0.29) is 70.2 Å². The molecule has 0 aliphatic heterocycles. The Balaban J connectivity index is 0.0000384. The fourth-order valence-corrected chi connectivity index (χ4v) is 8.76. The van der Waals surface area contributed by atoms with Crippen molar-refractivity contribution in [2.24, 2.45) is 0 Å².